The van der Waals surface area contributed by atoms with Crippen molar-refractivity contribution in [3.63, 3.8) is 0 Å². The Kier molecular flexibility index (Phi) is 5.24. The van der Waals surface area contributed by atoms with Gasteiger partial charge >= 0.3 is 0 Å². The van der Waals surface area contributed by atoms with Gasteiger partial charge < -0.3 is 20.1 Å². The van der Waals surface area contributed by atoms with Gasteiger partial charge in [-0.3, -0.25) is 4.79 Å². The average molecular weight is 393 g/mol. The number of amides is 1. The molecule has 7 nitrogen and oxygen atoms in total. The van der Waals surface area contributed by atoms with Crippen molar-refractivity contribution in [2.45, 2.75) is 32.9 Å². The molecule has 2 aromatic heterocycles. The second-order valence-corrected chi connectivity index (χ2v) is 7.95. The molecular weight excluding hydrogens is 364 g/mol. The maximum atomic E-state index is 12.4. The van der Waals surface area contributed by atoms with Gasteiger partial charge in [-0.25, -0.2) is 9.97 Å². The van der Waals surface area contributed by atoms with Gasteiger partial charge in [0.2, 0.25) is 5.82 Å². The molecule has 0 saturated carbocycles. The van der Waals surface area contributed by atoms with Crippen LogP contribution in [-0.2, 0) is 6.54 Å². The van der Waals surface area contributed by atoms with Gasteiger partial charge in [-0.1, -0.05) is 18.2 Å². The topological polar surface area (TPSA) is 77.2 Å². The van der Waals surface area contributed by atoms with Crippen LogP contribution in [0.2, 0.25) is 0 Å². The molecule has 152 valence electrons. The largest absolute Gasteiger partial charge is 0.361 e. The molecule has 3 heterocycles. The van der Waals surface area contributed by atoms with E-state index in [1.54, 1.807) is 14.1 Å². The Morgan fingerprint density at radius 2 is 2.10 bits per heavy atom. The monoisotopic (exact) mass is 392 g/mol. The molecule has 0 aliphatic carbocycles. The van der Waals surface area contributed by atoms with Gasteiger partial charge in [0.05, 0.1) is 0 Å². The third-order valence-corrected chi connectivity index (χ3v) is 5.70. The SMILES string of the molecule is Cc1nc(C(=O)N(C)C)nc(N2CC[C@@H](NCc3cccc4cc[nH]c34)C2)c1C. The molecule has 4 rings (SSSR count). The zero-order valence-electron chi connectivity index (χ0n) is 17.5. The van der Waals surface area contributed by atoms with Gasteiger partial charge in [-0.15, -0.1) is 0 Å². The quantitative estimate of drug-likeness (QED) is 0.698. The van der Waals surface area contributed by atoms with Gasteiger partial charge in [-0.05, 0) is 37.3 Å². The molecule has 1 atom stereocenters. The van der Waals surface area contributed by atoms with Crippen LogP contribution in [0.15, 0.2) is 30.5 Å². The molecule has 3 aromatic rings. The Labute approximate surface area is 171 Å². The van der Waals surface area contributed by atoms with Crippen LogP contribution in [0.5, 0.6) is 0 Å². The summed E-state index contributed by atoms with van der Waals surface area (Å²) in [6, 6.07) is 8.87. The molecule has 0 bridgehead atoms. The lowest BCUT2D eigenvalue weighted by Crippen LogP contribution is -2.33. The van der Waals surface area contributed by atoms with E-state index < -0.39 is 0 Å². The molecule has 1 aromatic carbocycles. The van der Waals surface area contributed by atoms with Crippen LogP contribution in [0.4, 0.5) is 5.82 Å². The van der Waals surface area contributed by atoms with Gasteiger partial charge in [0, 0.05) is 62.7 Å². The number of aryl methyl sites for hydroxylation is 1. The fraction of sp³-hybridized carbons (Fsp3) is 0.409. The van der Waals surface area contributed by atoms with E-state index in [0.717, 1.165) is 43.1 Å². The molecule has 1 saturated heterocycles. The van der Waals surface area contributed by atoms with E-state index in [1.165, 1.54) is 21.4 Å². The van der Waals surface area contributed by atoms with E-state index in [1.807, 2.05) is 20.0 Å². The molecular formula is C22H28N6O. The molecule has 7 heteroatoms. The van der Waals surface area contributed by atoms with Crippen LogP contribution in [0, 0.1) is 13.8 Å². The fourth-order valence-corrected chi connectivity index (χ4v) is 3.89. The number of nitrogens with zero attached hydrogens (tertiary/aromatic N) is 4. The Morgan fingerprint density at radius 1 is 1.28 bits per heavy atom. The van der Waals surface area contributed by atoms with Gasteiger partial charge in [-0.2, -0.15) is 0 Å². The van der Waals surface area contributed by atoms with Crippen molar-refractivity contribution in [1.29, 1.82) is 0 Å². The highest BCUT2D eigenvalue weighted by atomic mass is 16.2. The minimum absolute atomic E-state index is 0.165. The fourth-order valence-electron chi connectivity index (χ4n) is 3.89. The van der Waals surface area contributed by atoms with Crippen molar-refractivity contribution in [3.05, 3.63) is 53.1 Å². The molecule has 1 amide bonds. The second-order valence-electron chi connectivity index (χ2n) is 7.95. The number of aromatic nitrogens is 3. The molecule has 2 N–H and O–H groups in total. The Balaban J connectivity index is 1.47. The minimum Gasteiger partial charge on any atom is -0.361 e. The number of hydrogen-bond donors (Lipinski definition) is 2. The number of anilines is 1. The number of hydrogen-bond acceptors (Lipinski definition) is 5. The minimum atomic E-state index is -0.165. The lowest BCUT2D eigenvalue weighted by Gasteiger charge is -2.22. The summed E-state index contributed by atoms with van der Waals surface area (Å²) in [7, 11) is 3.45. The Hall–Kier alpha value is -2.93. The maximum absolute atomic E-state index is 12.4. The van der Waals surface area contributed by atoms with Crippen molar-refractivity contribution in [2.75, 3.05) is 32.1 Å². The summed E-state index contributed by atoms with van der Waals surface area (Å²) in [5.41, 5.74) is 4.37. The first-order valence-electron chi connectivity index (χ1n) is 10.0. The van der Waals surface area contributed by atoms with E-state index in [9.17, 15) is 4.79 Å². The highest BCUT2D eigenvalue weighted by molar-refractivity contribution is 5.90. The number of aromatic amines is 1. The normalized spacial score (nSPS) is 16.6. The first-order valence-corrected chi connectivity index (χ1v) is 10.0. The highest BCUT2D eigenvalue weighted by Crippen LogP contribution is 2.25. The van der Waals surface area contributed by atoms with Gasteiger partial charge in [0.1, 0.15) is 5.82 Å². The predicted octanol–water partition coefficient (Wildman–Crippen LogP) is 2.65. The van der Waals surface area contributed by atoms with Crippen LogP contribution < -0.4 is 10.2 Å². The number of carbonyl (C=O) groups is 1. The van der Waals surface area contributed by atoms with E-state index in [4.69, 9.17) is 0 Å². The van der Waals surface area contributed by atoms with E-state index in [0.29, 0.717) is 6.04 Å². The zero-order valence-corrected chi connectivity index (χ0v) is 17.5. The number of nitrogens with one attached hydrogen (secondary N) is 2. The van der Waals surface area contributed by atoms with Gasteiger partial charge in [0.15, 0.2) is 0 Å². The van der Waals surface area contributed by atoms with Crippen LogP contribution >= 0.6 is 0 Å². The Bertz CT molecular complexity index is 1040. The molecule has 1 fully saturated rings. The van der Waals surface area contributed by atoms with Crippen LogP contribution in [0.25, 0.3) is 10.9 Å². The average Bonchev–Trinajstić information content (AvgIpc) is 3.37. The summed E-state index contributed by atoms with van der Waals surface area (Å²) in [4.78, 5) is 28.5. The van der Waals surface area contributed by atoms with Crippen molar-refractivity contribution in [1.82, 2.24) is 25.2 Å². The number of benzene rings is 1. The number of para-hydroxylation sites is 1. The summed E-state index contributed by atoms with van der Waals surface area (Å²) in [5.74, 6) is 0.976. The van der Waals surface area contributed by atoms with Crippen molar-refractivity contribution >= 4 is 22.6 Å². The summed E-state index contributed by atoms with van der Waals surface area (Å²) < 4.78 is 0. The summed E-state index contributed by atoms with van der Waals surface area (Å²) in [6.45, 7) is 6.57. The summed E-state index contributed by atoms with van der Waals surface area (Å²) >= 11 is 0. The van der Waals surface area contributed by atoms with Gasteiger partial charge in [0.25, 0.3) is 5.91 Å². The summed E-state index contributed by atoms with van der Waals surface area (Å²) in [6.07, 6.45) is 3.03. The smallest absolute Gasteiger partial charge is 0.291 e. The van der Waals surface area contributed by atoms with Crippen LogP contribution in [0.1, 0.15) is 33.9 Å². The van der Waals surface area contributed by atoms with Crippen molar-refractivity contribution in [3.8, 4) is 0 Å². The number of fused-ring (bicyclic) bond motifs is 1. The van der Waals surface area contributed by atoms with E-state index in [2.05, 4.69) is 49.4 Å². The van der Waals surface area contributed by atoms with Crippen LogP contribution in [-0.4, -0.2) is 59.0 Å². The molecule has 0 spiro atoms. The third-order valence-electron chi connectivity index (χ3n) is 5.70. The molecule has 1 aliphatic heterocycles. The number of rotatable bonds is 5. The van der Waals surface area contributed by atoms with Crippen molar-refractivity contribution in [2.24, 2.45) is 0 Å². The number of H-pyrrole nitrogens is 1. The van der Waals surface area contributed by atoms with Crippen molar-refractivity contribution < 1.29 is 4.79 Å². The first kappa shape index (κ1) is 19.4. The number of carbonyl (C=O) groups excluding carboxylic acids is 1. The summed E-state index contributed by atoms with van der Waals surface area (Å²) in [5, 5.41) is 4.93. The van der Waals surface area contributed by atoms with E-state index in [-0.39, 0.29) is 11.7 Å². The van der Waals surface area contributed by atoms with E-state index >= 15 is 0 Å². The van der Waals surface area contributed by atoms with Crippen LogP contribution in [0.3, 0.4) is 0 Å². The lowest BCUT2D eigenvalue weighted by molar-refractivity contribution is 0.0815. The highest BCUT2D eigenvalue weighted by Gasteiger charge is 2.26. The lowest BCUT2D eigenvalue weighted by atomic mass is 10.1. The molecule has 1 aliphatic rings. The second kappa shape index (κ2) is 7.83. The zero-order chi connectivity index (χ0) is 20.5. The standard InChI is InChI=1S/C22H28N6O/c1-14-15(2)25-20(22(29)27(3)4)26-21(14)28-11-9-18(13-28)24-12-17-7-5-6-16-8-10-23-19(16)17/h5-8,10,18,23-24H,9,11-13H2,1-4H3/t18-/m1/s1. The third kappa shape index (κ3) is 3.82. The Morgan fingerprint density at radius 3 is 2.90 bits per heavy atom. The molecule has 0 radical (unpaired) electrons. The predicted molar refractivity (Wildman–Crippen MR) is 115 cm³/mol. The first-order chi connectivity index (χ1) is 13.9. The maximum Gasteiger partial charge on any atom is 0.291 e. The molecule has 29 heavy (non-hydrogen) atoms. The molecule has 0 unspecified atom stereocenters.